The Kier molecular flexibility index (Phi) is 5.67. The predicted molar refractivity (Wildman–Crippen MR) is 108 cm³/mol. The van der Waals surface area contributed by atoms with Crippen LogP contribution in [0, 0.1) is 5.82 Å². The molecule has 1 aromatic carbocycles. The van der Waals surface area contributed by atoms with E-state index in [1.807, 2.05) is 12.1 Å². The van der Waals surface area contributed by atoms with E-state index in [9.17, 15) is 9.18 Å². The van der Waals surface area contributed by atoms with Crippen LogP contribution in [0.5, 0.6) is 5.75 Å². The molecule has 1 saturated heterocycles. The molecular formula is C22H23FN4O2. The number of methoxy groups -OCH3 is 1. The highest BCUT2D eigenvalue weighted by atomic mass is 19.1. The molecule has 0 atom stereocenters. The molecular weight excluding hydrogens is 371 g/mol. The standard InChI is InChI=1S/C22H23FN4O2/c1-29-18-5-4-17(19(23)11-18)14-27-9-6-15(7-10-27)22-25-20(12-21(28)26-22)16-3-2-8-24-13-16/h2-5,8,11-13,15H,6-7,9-10,14H2,1H3,(H,25,26,28). The number of aromatic amines is 1. The van der Waals surface area contributed by atoms with Gasteiger partial charge in [0.25, 0.3) is 5.56 Å². The van der Waals surface area contributed by atoms with E-state index in [-0.39, 0.29) is 17.3 Å². The van der Waals surface area contributed by atoms with Crippen molar-refractivity contribution >= 4 is 0 Å². The minimum absolute atomic E-state index is 0.156. The van der Waals surface area contributed by atoms with Crippen LogP contribution in [0.2, 0.25) is 0 Å². The first-order valence-corrected chi connectivity index (χ1v) is 9.69. The topological polar surface area (TPSA) is 71.1 Å². The Hall–Kier alpha value is -3.06. The summed E-state index contributed by atoms with van der Waals surface area (Å²) >= 11 is 0. The number of rotatable bonds is 5. The lowest BCUT2D eigenvalue weighted by atomic mass is 9.95. The van der Waals surface area contributed by atoms with E-state index >= 15 is 0 Å². The number of hydrogen-bond donors (Lipinski definition) is 1. The number of piperidine rings is 1. The Morgan fingerprint density at radius 2 is 2.07 bits per heavy atom. The van der Waals surface area contributed by atoms with Crippen molar-refractivity contribution in [2.75, 3.05) is 20.2 Å². The average molecular weight is 394 g/mol. The third-order valence-electron chi connectivity index (χ3n) is 5.35. The van der Waals surface area contributed by atoms with E-state index in [2.05, 4.69) is 19.9 Å². The molecule has 6 nitrogen and oxygen atoms in total. The summed E-state index contributed by atoms with van der Waals surface area (Å²) in [7, 11) is 1.53. The molecule has 0 unspecified atom stereocenters. The lowest BCUT2D eigenvalue weighted by molar-refractivity contribution is 0.199. The van der Waals surface area contributed by atoms with Crippen LogP contribution in [0.1, 0.15) is 30.1 Å². The Labute approximate surface area is 168 Å². The van der Waals surface area contributed by atoms with Gasteiger partial charge in [-0.15, -0.1) is 0 Å². The fraction of sp³-hybridized carbons (Fsp3) is 0.318. The summed E-state index contributed by atoms with van der Waals surface area (Å²) in [4.78, 5) is 26.0. The maximum Gasteiger partial charge on any atom is 0.251 e. The van der Waals surface area contributed by atoms with Crippen LogP contribution in [0.25, 0.3) is 11.3 Å². The molecule has 1 fully saturated rings. The second-order valence-corrected chi connectivity index (χ2v) is 7.27. The largest absolute Gasteiger partial charge is 0.497 e. The summed E-state index contributed by atoms with van der Waals surface area (Å²) in [5.74, 6) is 1.16. The fourth-order valence-electron chi connectivity index (χ4n) is 3.72. The Morgan fingerprint density at radius 3 is 2.76 bits per heavy atom. The highest BCUT2D eigenvalue weighted by Gasteiger charge is 2.23. The maximum absolute atomic E-state index is 14.2. The van der Waals surface area contributed by atoms with Crippen molar-refractivity contribution < 1.29 is 9.13 Å². The summed E-state index contributed by atoms with van der Waals surface area (Å²) in [6.45, 7) is 2.19. The van der Waals surface area contributed by atoms with Gasteiger partial charge < -0.3 is 9.72 Å². The number of hydrogen-bond acceptors (Lipinski definition) is 5. The van der Waals surface area contributed by atoms with Crippen molar-refractivity contribution in [3.63, 3.8) is 0 Å². The van der Waals surface area contributed by atoms with Gasteiger partial charge in [0, 0.05) is 48.1 Å². The van der Waals surface area contributed by atoms with Gasteiger partial charge in [-0.05, 0) is 44.1 Å². The number of H-pyrrole nitrogens is 1. The minimum atomic E-state index is -0.248. The molecule has 1 aliphatic rings. The molecule has 0 radical (unpaired) electrons. The molecule has 0 spiro atoms. The zero-order chi connectivity index (χ0) is 20.2. The molecule has 4 rings (SSSR count). The second-order valence-electron chi connectivity index (χ2n) is 7.27. The van der Waals surface area contributed by atoms with Crippen molar-refractivity contribution in [1.29, 1.82) is 0 Å². The van der Waals surface area contributed by atoms with Gasteiger partial charge in [0.05, 0.1) is 12.8 Å². The molecule has 3 heterocycles. The number of nitrogens with zero attached hydrogens (tertiary/aromatic N) is 3. The maximum atomic E-state index is 14.2. The Morgan fingerprint density at radius 1 is 1.24 bits per heavy atom. The number of nitrogens with one attached hydrogen (secondary N) is 1. The van der Waals surface area contributed by atoms with Gasteiger partial charge in [-0.3, -0.25) is 14.7 Å². The Balaban J connectivity index is 1.43. The van der Waals surface area contributed by atoms with Gasteiger partial charge in [-0.2, -0.15) is 0 Å². The summed E-state index contributed by atoms with van der Waals surface area (Å²) in [5.41, 5.74) is 1.97. The van der Waals surface area contributed by atoms with Gasteiger partial charge in [0.2, 0.25) is 0 Å². The van der Waals surface area contributed by atoms with Crippen LogP contribution in [0.3, 0.4) is 0 Å². The lowest BCUT2D eigenvalue weighted by Gasteiger charge is -2.31. The second kappa shape index (κ2) is 8.53. The first-order chi connectivity index (χ1) is 14.1. The highest BCUT2D eigenvalue weighted by Crippen LogP contribution is 2.28. The molecule has 29 heavy (non-hydrogen) atoms. The van der Waals surface area contributed by atoms with E-state index in [1.54, 1.807) is 24.5 Å². The van der Waals surface area contributed by atoms with Crippen molar-refractivity contribution in [2.24, 2.45) is 0 Å². The fourth-order valence-corrected chi connectivity index (χ4v) is 3.72. The molecule has 2 aromatic heterocycles. The molecule has 0 amide bonds. The zero-order valence-corrected chi connectivity index (χ0v) is 16.3. The van der Waals surface area contributed by atoms with Crippen LogP contribution in [-0.4, -0.2) is 40.1 Å². The summed E-state index contributed by atoms with van der Waals surface area (Å²) in [5, 5.41) is 0. The van der Waals surface area contributed by atoms with E-state index in [0.717, 1.165) is 31.5 Å². The lowest BCUT2D eigenvalue weighted by Crippen LogP contribution is -2.33. The summed E-state index contributed by atoms with van der Waals surface area (Å²) in [6, 6.07) is 10.2. The number of aromatic nitrogens is 3. The molecule has 1 aliphatic heterocycles. The first kappa shape index (κ1) is 19.3. The van der Waals surface area contributed by atoms with Crippen LogP contribution in [0.15, 0.2) is 53.6 Å². The number of halogens is 1. The number of ether oxygens (including phenoxy) is 1. The summed E-state index contributed by atoms with van der Waals surface area (Å²) < 4.78 is 19.3. The van der Waals surface area contributed by atoms with Gasteiger partial charge in [0.15, 0.2) is 0 Å². The molecule has 150 valence electrons. The molecule has 1 N–H and O–H groups in total. The number of pyridine rings is 1. The molecule has 0 saturated carbocycles. The number of likely N-dealkylation sites (tertiary alicyclic amines) is 1. The minimum Gasteiger partial charge on any atom is -0.497 e. The molecule has 0 bridgehead atoms. The van der Waals surface area contributed by atoms with Crippen LogP contribution >= 0.6 is 0 Å². The Bertz CT molecular complexity index is 1030. The van der Waals surface area contributed by atoms with Crippen molar-refractivity contribution in [2.45, 2.75) is 25.3 Å². The average Bonchev–Trinajstić information content (AvgIpc) is 2.76. The normalized spacial score (nSPS) is 15.4. The zero-order valence-electron chi connectivity index (χ0n) is 16.3. The quantitative estimate of drug-likeness (QED) is 0.719. The van der Waals surface area contributed by atoms with Crippen molar-refractivity contribution in [3.8, 4) is 17.0 Å². The van der Waals surface area contributed by atoms with Crippen LogP contribution < -0.4 is 10.3 Å². The highest BCUT2D eigenvalue weighted by molar-refractivity contribution is 5.56. The predicted octanol–water partition coefficient (Wildman–Crippen LogP) is 3.36. The van der Waals surface area contributed by atoms with E-state index in [4.69, 9.17) is 4.74 Å². The molecule has 3 aromatic rings. The van der Waals surface area contributed by atoms with E-state index in [1.165, 1.54) is 19.2 Å². The molecule has 7 heteroatoms. The van der Waals surface area contributed by atoms with Crippen LogP contribution in [0.4, 0.5) is 4.39 Å². The number of benzene rings is 1. The van der Waals surface area contributed by atoms with Gasteiger partial charge in [0.1, 0.15) is 17.4 Å². The summed E-state index contributed by atoms with van der Waals surface area (Å²) in [6.07, 6.45) is 5.12. The van der Waals surface area contributed by atoms with Gasteiger partial charge in [-0.1, -0.05) is 6.07 Å². The smallest absolute Gasteiger partial charge is 0.251 e. The van der Waals surface area contributed by atoms with Crippen molar-refractivity contribution in [3.05, 3.63) is 76.4 Å². The van der Waals surface area contributed by atoms with E-state index < -0.39 is 0 Å². The van der Waals surface area contributed by atoms with Gasteiger partial charge >= 0.3 is 0 Å². The third-order valence-corrected chi connectivity index (χ3v) is 5.35. The molecule has 0 aliphatic carbocycles. The third kappa shape index (κ3) is 4.51. The SMILES string of the molecule is COc1ccc(CN2CCC(c3nc(-c4cccnc4)cc(=O)[nH]3)CC2)c(F)c1. The van der Waals surface area contributed by atoms with Crippen LogP contribution in [-0.2, 0) is 6.54 Å². The monoisotopic (exact) mass is 394 g/mol. The van der Waals surface area contributed by atoms with Gasteiger partial charge in [-0.25, -0.2) is 9.37 Å². The van der Waals surface area contributed by atoms with E-state index in [0.29, 0.717) is 29.4 Å². The first-order valence-electron chi connectivity index (χ1n) is 9.69. The van der Waals surface area contributed by atoms with Crippen molar-refractivity contribution in [1.82, 2.24) is 19.9 Å².